The molecule has 0 aliphatic carbocycles. The second-order valence-corrected chi connectivity index (χ2v) is 4.78. The van der Waals surface area contributed by atoms with Crippen LogP contribution in [0.1, 0.15) is 32.6 Å². The number of aliphatic carboxylic acids is 1. The van der Waals surface area contributed by atoms with Gasteiger partial charge in [0.1, 0.15) is 0 Å². The fourth-order valence-electron chi connectivity index (χ4n) is 2.79. The number of carbonyl (C=O) groups excluding carboxylic acids is 1. The molecule has 3 atom stereocenters. The summed E-state index contributed by atoms with van der Waals surface area (Å²) < 4.78 is 5.66. The van der Waals surface area contributed by atoms with Crippen molar-refractivity contribution in [3.63, 3.8) is 0 Å². The lowest BCUT2D eigenvalue weighted by atomic mass is 9.88. The quantitative estimate of drug-likeness (QED) is 0.775. The number of carboxylic acid groups (broad SMARTS) is 1. The average Bonchev–Trinajstić information content (AvgIpc) is 2.90. The van der Waals surface area contributed by atoms with Crippen molar-refractivity contribution in [3.05, 3.63) is 0 Å². The third kappa shape index (κ3) is 2.60. The van der Waals surface area contributed by atoms with Gasteiger partial charge in [-0.3, -0.25) is 9.59 Å². The Bertz CT molecular complexity index is 318. The van der Waals surface area contributed by atoms with E-state index in [1.54, 1.807) is 4.90 Å². The number of amides is 1. The smallest absolute Gasteiger partial charge is 0.305 e. The van der Waals surface area contributed by atoms with E-state index in [4.69, 9.17) is 9.84 Å². The maximum absolute atomic E-state index is 12.2. The Kier molecular flexibility index (Phi) is 3.66. The Morgan fingerprint density at radius 2 is 2.18 bits per heavy atom. The molecule has 96 valence electrons. The zero-order valence-electron chi connectivity index (χ0n) is 10.1. The summed E-state index contributed by atoms with van der Waals surface area (Å²) in [4.78, 5) is 24.4. The van der Waals surface area contributed by atoms with Crippen LogP contribution in [0.5, 0.6) is 0 Å². The number of ether oxygens (including phenoxy) is 1. The molecule has 2 bridgehead atoms. The van der Waals surface area contributed by atoms with Gasteiger partial charge in [-0.05, 0) is 26.2 Å². The molecule has 0 aromatic heterocycles. The van der Waals surface area contributed by atoms with Crippen molar-refractivity contribution in [2.75, 3.05) is 13.1 Å². The van der Waals surface area contributed by atoms with Gasteiger partial charge >= 0.3 is 5.97 Å². The summed E-state index contributed by atoms with van der Waals surface area (Å²) in [5.41, 5.74) is 0. The Labute approximate surface area is 101 Å². The number of hydrogen-bond acceptors (Lipinski definition) is 3. The molecule has 0 aromatic carbocycles. The lowest BCUT2D eigenvalue weighted by Gasteiger charge is -2.26. The summed E-state index contributed by atoms with van der Waals surface area (Å²) in [6.07, 6.45) is 3.19. The zero-order chi connectivity index (χ0) is 12.4. The van der Waals surface area contributed by atoms with Crippen LogP contribution >= 0.6 is 0 Å². The molecule has 2 heterocycles. The van der Waals surface area contributed by atoms with E-state index >= 15 is 0 Å². The third-order valence-electron chi connectivity index (χ3n) is 3.71. The van der Waals surface area contributed by atoms with E-state index in [1.165, 1.54) is 0 Å². The summed E-state index contributed by atoms with van der Waals surface area (Å²) in [5, 5.41) is 8.65. The summed E-state index contributed by atoms with van der Waals surface area (Å²) >= 11 is 0. The first kappa shape index (κ1) is 12.4. The molecule has 1 N–H and O–H groups in total. The van der Waals surface area contributed by atoms with Crippen molar-refractivity contribution < 1.29 is 19.4 Å². The van der Waals surface area contributed by atoms with Crippen molar-refractivity contribution in [2.45, 2.75) is 44.8 Å². The van der Waals surface area contributed by atoms with Crippen molar-refractivity contribution in [3.8, 4) is 0 Å². The summed E-state index contributed by atoms with van der Waals surface area (Å²) in [5.74, 6) is -0.830. The highest BCUT2D eigenvalue weighted by Crippen LogP contribution is 2.39. The Morgan fingerprint density at radius 1 is 1.41 bits per heavy atom. The molecule has 0 aromatic rings. The van der Waals surface area contributed by atoms with Gasteiger partial charge in [0.25, 0.3) is 0 Å². The highest BCUT2D eigenvalue weighted by atomic mass is 16.5. The minimum absolute atomic E-state index is 0.0151. The molecule has 0 saturated carbocycles. The fourth-order valence-corrected chi connectivity index (χ4v) is 2.79. The standard InChI is InChI=1S/C12H19NO4/c1-2-13(6-5-11(14)15)12(16)9-7-8-3-4-10(9)17-8/h8-10H,2-7H2,1H3,(H,14,15). The normalized spacial score (nSPS) is 30.5. The summed E-state index contributed by atoms with van der Waals surface area (Å²) in [7, 11) is 0. The number of carbonyl (C=O) groups is 2. The maximum atomic E-state index is 12.2. The Balaban J connectivity index is 1.90. The number of nitrogens with zero attached hydrogens (tertiary/aromatic N) is 1. The van der Waals surface area contributed by atoms with Crippen LogP contribution in [0.4, 0.5) is 0 Å². The van der Waals surface area contributed by atoms with Gasteiger partial charge in [0.2, 0.25) is 5.91 Å². The molecule has 2 aliphatic rings. The van der Waals surface area contributed by atoms with Gasteiger partial charge in [-0.15, -0.1) is 0 Å². The lowest BCUT2D eigenvalue weighted by Crippen LogP contribution is -2.40. The van der Waals surface area contributed by atoms with Crippen molar-refractivity contribution >= 4 is 11.9 Å². The van der Waals surface area contributed by atoms with Crippen LogP contribution in [0.3, 0.4) is 0 Å². The first-order chi connectivity index (χ1) is 8.11. The number of fused-ring (bicyclic) bond motifs is 2. The molecule has 2 aliphatic heterocycles. The predicted octanol–water partition coefficient (Wildman–Crippen LogP) is 0.877. The van der Waals surface area contributed by atoms with Gasteiger partial charge in [0.15, 0.2) is 0 Å². The fraction of sp³-hybridized carbons (Fsp3) is 0.833. The Hall–Kier alpha value is -1.10. The molecular formula is C12H19NO4. The van der Waals surface area contributed by atoms with Crippen molar-refractivity contribution in [1.82, 2.24) is 4.90 Å². The molecule has 17 heavy (non-hydrogen) atoms. The number of hydrogen-bond donors (Lipinski definition) is 1. The monoisotopic (exact) mass is 241 g/mol. The van der Waals surface area contributed by atoms with E-state index in [1.807, 2.05) is 6.92 Å². The predicted molar refractivity (Wildman–Crippen MR) is 60.5 cm³/mol. The van der Waals surface area contributed by atoms with E-state index in [9.17, 15) is 9.59 Å². The van der Waals surface area contributed by atoms with Crippen molar-refractivity contribution in [2.24, 2.45) is 5.92 Å². The van der Waals surface area contributed by atoms with Crippen LogP contribution in [-0.4, -0.2) is 47.2 Å². The maximum Gasteiger partial charge on any atom is 0.305 e. The molecule has 5 nitrogen and oxygen atoms in total. The molecule has 0 spiro atoms. The average molecular weight is 241 g/mol. The minimum Gasteiger partial charge on any atom is -0.481 e. The van der Waals surface area contributed by atoms with Crippen LogP contribution in [-0.2, 0) is 14.3 Å². The first-order valence-electron chi connectivity index (χ1n) is 6.27. The topological polar surface area (TPSA) is 66.8 Å². The summed E-state index contributed by atoms with van der Waals surface area (Å²) in [6, 6.07) is 0. The molecule has 2 rings (SSSR count). The molecule has 3 unspecified atom stereocenters. The first-order valence-corrected chi connectivity index (χ1v) is 6.27. The van der Waals surface area contributed by atoms with Gasteiger partial charge < -0.3 is 14.7 Å². The van der Waals surface area contributed by atoms with E-state index in [0.717, 1.165) is 19.3 Å². The molecule has 0 radical (unpaired) electrons. The van der Waals surface area contributed by atoms with E-state index in [0.29, 0.717) is 13.1 Å². The van der Waals surface area contributed by atoms with Crippen LogP contribution in [0.15, 0.2) is 0 Å². The van der Waals surface area contributed by atoms with Crippen LogP contribution in [0.25, 0.3) is 0 Å². The van der Waals surface area contributed by atoms with Gasteiger partial charge in [-0.2, -0.15) is 0 Å². The third-order valence-corrected chi connectivity index (χ3v) is 3.71. The second kappa shape index (κ2) is 5.04. The van der Waals surface area contributed by atoms with E-state index in [2.05, 4.69) is 0 Å². The van der Waals surface area contributed by atoms with Gasteiger partial charge in [0.05, 0.1) is 24.5 Å². The van der Waals surface area contributed by atoms with Crippen molar-refractivity contribution in [1.29, 1.82) is 0 Å². The molecule has 1 amide bonds. The molecule has 2 saturated heterocycles. The van der Waals surface area contributed by atoms with Gasteiger partial charge in [-0.25, -0.2) is 0 Å². The molecule has 5 heteroatoms. The van der Waals surface area contributed by atoms with E-state index < -0.39 is 5.97 Å². The van der Waals surface area contributed by atoms with E-state index in [-0.39, 0.29) is 30.5 Å². The largest absolute Gasteiger partial charge is 0.481 e. The highest BCUT2D eigenvalue weighted by Gasteiger charge is 2.45. The number of rotatable bonds is 5. The lowest BCUT2D eigenvalue weighted by molar-refractivity contribution is -0.140. The molecule has 2 fully saturated rings. The minimum atomic E-state index is -0.861. The van der Waals surface area contributed by atoms with Gasteiger partial charge in [-0.1, -0.05) is 0 Å². The highest BCUT2D eigenvalue weighted by molar-refractivity contribution is 5.80. The number of carboxylic acids is 1. The Morgan fingerprint density at radius 3 is 2.65 bits per heavy atom. The van der Waals surface area contributed by atoms with Crippen LogP contribution in [0, 0.1) is 5.92 Å². The van der Waals surface area contributed by atoms with Gasteiger partial charge in [0, 0.05) is 13.1 Å². The second-order valence-electron chi connectivity index (χ2n) is 4.78. The van der Waals surface area contributed by atoms with Crippen LogP contribution < -0.4 is 0 Å². The SMILES string of the molecule is CCN(CCC(=O)O)C(=O)C1CC2CCC1O2. The molecular weight excluding hydrogens is 222 g/mol. The van der Waals surface area contributed by atoms with Crippen LogP contribution in [0.2, 0.25) is 0 Å². The summed E-state index contributed by atoms with van der Waals surface area (Å²) in [6.45, 7) is 2.76. The zero-order valence-corrected chi connectivity index (χ0v) is 10.1.